The molecule has 2 aromatic carbocycles. The van der Waals surface area contributed by atoms with Gasteiger partial charge in [-0.15, -0.1) is 0 Å². The van der Waals surface area contributed by atoms with E-state index >= 15 is 0 Å². The Labute approximate surface area is 155 Å². The van der Waals surface area contributed by atoms with Crippen molar-refractivity contribution in [2.24, 2.45) is 0 Å². The Kier molecular flexibility index (Phi) is 6.31. The summed E-state index contributed by atoms with van der Waals surface area (Å²) in [5.41, 5.74) is 3.48. The summed E-state index contributed by atoms with van der Waals surface area (Å²) in [4.78, 5) is 14.2. The minimum absolute atomic E-state index is 0.0434. The average molecular weight is 350 g/mol. The van der Waals surface area contributed by atoms with E-state index in [0.29, 0.717) is 6.54 Å². The second-order valence-electron chi connectivity index (χ2n) is 6.55. The van der Waals surface area contributed by atoms with Gasteiger partial charge in [-0.25, -0.2) is 0 Å². The van der Waals surface area contributed by atoms with Crippen molar-refractivity contribution in [3.05, 3.63) is 65.7 Å². The molecule has 0 saturated carbocycles. The van der Waals surface area contributed by atoms with E-state index < -0.39 is 0 Å². The first-order valence-corrected chi connectivity index (χ1v) is 9.20. The molecular formula is C22H26N2O2. The second kappa shape index (κ2) is 9.09. The monoisotopic (exact) mass is 350 g/mol. The Morgan fingerprint density at radius 1 is 1.19 bits per heavy atom. The molecule has 1 N–H and O–H groups in total. The molecular weight excluding hydrogens is 324 g/mol. The maximum atomic E-state index is 11.9. The first kappa shape index (κ1) is 18.1. The molecule has 1 heterocycles. The Morgan fingerprint density at radius 3 is 2.88 bits per heavy atom. The minimum atomic E-state index is -0.0434. The van der Waals surface area contributed by atoms with Crippen LogP contribution in [0.15, 0.2) is 54.6 Å². The van der Waals surface area contributed by atoms with Gasteiger partial charge in [0.1, 0.15) is 5.75 Å². The van der Waals surface area contributed by atoms with Crippen LogP contribution in [-0.2, 0) is 11.2 Å². The molecule has 0 atom stereocenters. The van der Waals surface area contributed by atoms with E-state index in [-0.39, 0.29) is 5.91 Å². The second-order valence-corrected chi connectivity index (χ2v) is 6.55. The Balaban J connectivity index is 1.34. The summed E-state index contributed by atoms with van der Waals surface area (Å²) in [6, 6.07) is 16.4. The Morgan fingerprint density at radius 2 is 2.04 bits per heavy atom. The van der Waals surface area contributed by atoms with E-state index in [1.165, 1.54) is 11.3 Å². The standard InChI is InChI=1S/C22H26N2O2/c1-24(20-7-3-2-4-8-20)15-6-5-14-23-22(25)12-10-18-9-11-21-19(17-18)13-16-26-21/h2-4,7-12,17H,5-6,13-16H2,1H3,(H,23,25)/b12-10+. The summed E-state index contributed by atoms with van der Waals surface area (Å²) in [5, 5.41) is 2.95. The van der Waals surface area contributed by atoms with Crippen LogP contribution in [0.25, 0.3) is 6.08 Å². The summed E-state index contributed by atoms with van der Waals surface area (Å²) in [6.45, 7) is 2.43. The fraction of sp³-hybridized carbons (Fsp3) is 0.318. The number of nitrogens with one attached hydrogen (secondary N) is 1. The molecule has 1 aliphatic rings. The van der Waals surface area contributed by atoms with Gasteiger partial charge in [0.25, 0.3) is 0 Å². The molecule has 0 unspecified atom stereocenters. The molecule has 4 nitrogen and oxygen atoms in total. The van der Waals surface area contributed by atoms with Gasteiger partial charge >= 0.3 is 0 Å². The molecule has 0 radical (unpaired) electrons. The molecule has 0 aliphatic carbocycles. The largest absolute Gasteiger partial charge is 0.493 e. The number of para-hydroxylation sites is 1. The molecule has 4 heteroatoms. The van der Waals surface area contributed by atoms with Crippen LogP contribution in [0.3, 0.4) is 0 Å². The van der Waals surface area contributed by atoms with Crippen molar-refractivity contribution in [1.82, 2.24) is 5.32 Å². The smallest absolute Gasteiger partial charge is 0.243 e. The molecule has 0 fully saturated rings. The molecule has 1 aliphatic heterocycles. The Hall–Kier alpha value is -2.75. The summed E-state index contributed by atoms with van der Waals surface area (Å²) in [7, 11) is 2.10. The summed E-state index contributed by atoms with van der Waals surface area (Å²) < 4.78 is 5.49. The zero-order chi connectivity index (χ0) is 18.2. The van der Waals surface area contributed by atoms with Crippen molar-refractivity contribution in [2.75, 3.05) is 31.6 Å². The lowest BCUT2D eigenvalue weighted by atomic mass is 10.1. The number of carbonyl (C=O) groups is 1. The van der Waals surface area contributed by atoms with Gasteiger partial charge in [-0.2, -0.15) is 0 Å². The maximum absolute atomic E-state index is 11.9. The zero-order valence-corrected chi connectivity index (χ0v) is 15.3. The van der Waals surface area contributed by atoms with Gasteiger partial charge in [0.05, 0.1) is 6.61 Å². The molecule has 0 aromatic heterocycles. The lowest BCUT2D eigenvalue weighted by molar-refractivity contribution is -0.116. The van der Waals surface area contributed by atoms with Crippen LogP contribution < -0.4 is 15.0 Å². The van der Waals surface area contributed by atoms with Gasteiger partial charge < -0.3 is 15.0 Å². The number of amides is 1. The van der Waals surface area contributed by atoms with Crippen LogP contribution >= 0.6 is 0 Å². The lowest BCUT2D eigenvalue weighted by Crippen LogP contribution is -2.24. The van der Waals surface area contributed by atoms with Gasteiger partial charge in [-0.05, 0) is 54.3 Å². The highest BCUT2D eigenvalue weighted by molar-refractivity contribution is 5.91. The van der Waals surface area contributed by atoms with Crippen LogP contribution in [0.2, 0.25) is 0 Å². The summed E-state index contributed by atoms with van der Waals surface area (Å²) >= 11 is 0. The normalized spacial score (nSPS) is 12.7. The molecule has 3 rings (SSSR count). The third-order valence-corrected chi connectivity index (χ3v) is 4.56. The molecule has 2 aromatic rings. The number of unbranched alkanes of at least 4 members (excludes halogenated alkanes) is 1. The number of anilines is 1. The number of rotatable bonds is 8. The number of hydrogen-bond donors (Lipinski definition) is 1. The van der Waals surface area contributed by atoms with Crippen LogP contribution in [-0.4, -0.2) is 32.7 Å². The molecule has 0 bridgehead atoms. The maximum Gasteiger partial charge on any atom is 0.243 e. The SMILES string of the molecule is CN(CCCCNC(=O)/C=C/c1ccc2c(c1)CCO2)c1ccccc1. The zero-order valence-electron chi connectivity index (χ0n) is 15.3. The third-order valence-electron chi connectivity index (χ3n) is 4.56. The van der Waals surface area contributed by atoms with E-state index in [0.717, 1.165) is 43.7 Å². The quantitative estimate of drug-likeness (QED) is 0.583. The minimum Gasteiger partial charge on any atom is -0.493 e. The van der Waals surface area contributed by atoms with Gasteiger partial charge in [0.15, 0.2) is 0 Å². The van der Waals surface area contributed by atoms with Crippen molar-refractivity contribution in [3.63, 3.8) is 0 Å². The topological polar surface area (TPSA) is 41.6 Å². The van der Waals surface area contributed by atoms with Gasteiger partial charge in [-0.1, -0.05) is 24.3 Å². The van der Waals surface area contributed by atoms with Crippen molar-refractivity contribution in [3.8, 4) is 5.75 Å². The average Bonchev–Trinajstić information content (AvgIpc) is 3.14. The van der Waals surface area contributed by atoms with Gasteiger partial charge in [-0.3, -0.25) is 4.79 Å². The van der Waals surface area contributed by atoms with Crippen molar-refractivity contribution in [1.29, 1.82) is 0 Å². The number of carbonyl (C=O) groups excluding carboxylic acids is 1. The highest BCUT2D eigenvalue weighted by Crippen LogP contribution is 2.26. The number of fused-ring (bicyclic) bond motifs is 1. The van der Waals surface area contributed by atoms with Crippen LogP contribution in [0, 0.1) is 0 Å². The lowest BCUT2D eigenvalue weighted by Gasteiger charge is -2.18. The van der Waals surface area contributed by atoms with Crippen molar-refractivity contribution < 1.29 is 9.53 Å². The molecule has 0 saturated heterocycles. The molecule has 136 valence electrons. The Bertz CT molecular complexity index is 756. The van der Waals surface area contributed by atoms with E-state index in [9.17, 15) is 4.79 Å². The number of benzene rings is 2. The number of nitrogens with zero attached hydrogens (tertiary/aromatic N) is 1. The highest BCUT2D eigenvalue weighted by atomic mass is 16.5. The van der Waals surface area contributed by atoms with Gasteiger partial charge in [0.2, 0.25) is 5.91 Å². The summed E-state index contributed by atoms with van der Waals surface area (Å²) in [6.07, 6.45) is 6.42. The predicted octanol–water partition coefficient (Wildman–Crippen LogP) is 3.67. The fourth-order valence-corrected chi connectivity index (χ4v) is 3.04. The van der Waals surface area contributed by atoms with E-state index in [1.807, 2.05) is 36.4 Å². The predicted molar refractivity (Wildman–Crippen MR) is 107 cm³/mol. The molecule has 26 heavy (non-hydrogen) atoms. The van der Waals surface area contributed by atoms with E-state index in [4.69, 9.17) is 4.74 Å². The van der Waals surface area contributed by atoms with E-state index in [1.54, 1.807) is 6.08 Å². The first-order valence-electron chi connectivity index (χ1n) is 9.20. The number of hydrogen-bond acceptors (Lipinski definition) is 3. The third kappa shape index (κ3) is 5.12. The van der Waals surface area contributed by atoms with Crippen LogP contribution in [0.4, 0.5) is 5.69 Å². The number of ether oxygens (including phenoxy) is 1. The fourth-order valence-electron chi connectivity index (χ4n) is 3.04. The molecule has 1 amide bonds. The van der Waals surface area contributed by atoms with Crippen molar-refractivity contribution >= 4 is 17.7 Å². The van der Waals surface area contributed by atoms with Gasteiger partial charge in [0, 0.05) is 38.3 Å². The first-order chi connectivity index (χ1) is 12.7. The van der Waals surface area contributed by atoms with Crippen LogP contribution in [0.1, 0.15) is 24.0 Å². The van der Waals surface area contributed by atoms with Crippen LogP contribution in [0.5, 0.6) is 5.75 Å². The van der Waals surface area contributed by atoms with E-state index in [2.05, 4.69) is 35.5 Å². The highest BCUT2D eigenvalue weighted by Gasteiger charge is 2.11. The van der Waals surface area contributed by atoms with Crippen molar-refractivity contribution in [2.45, 2.75) is 19.3 Å². The summed E-state index contributed by atoms with van der Waals surface area (Å²) in [5.74, 6) is 0.922. The molecule has 0 spiro atoms.